The molecule has 1 heterocycles. The fraction of sp³-hybridized carbons (Fsp3) is 0.562. The van der Waals surface area contributed by atoms with Gasteiger partial charge < -0.3 is 10.6 Å². The SMILES string of the molecule is CC1CCCCN1C(=O)C(CN)Cc1ccccc1. The molecule has 2 rings (SSSR count). The number of amides is 1. The summed E-state index contributed by atoms with van der Waals surface area (Å²) in [5.74, 6) is 0.154. The van der Waals surface area contributed by atoms with Gasteiger partial charge in [-0.2, -0.15) is 0 Å². The van der Waals surface area contributed by atoms with Crippen molar-refractivity contribution in [2.45, 2.75) is 38.6 Å². The van der Waals surface area contributed by atoms with Crippen LogP contribution in [-0.4, -0.2) is 29.9 Å². The number of piperidine rings is 1. The molecule has 1 saturated heterocycles. The first-order valence-corrected chi connectivity index (χ1v) is 7.27. The van der Waals surface area contributed by atoms with E-state index >= 15 is 0 Å². The standard InChI is InChI=1S/C16H24N2O/c1-13-7-5-6-10-18(13)16(19)15(12-17)11-14-8-3-2-4-9-14/h2-4,8-9,13,15H,5-7,10-12,17H2,1H3. The molecular weight excluding hydrogens is 236 g/mol. The van der Waals surface area contributed by atoms with Crippen LogP contribution >= 0.6 is 0 Å². The van der Waals surface area contributed by atoms with Gasteiger partial charge in [0, 0.05) is 19.1 Å². The van der Waals surface area contributed by atoms with Crippen LogP contribution in [0, 0.1) is 5.92 Å². The smallest absolute Gasteiger partial charge is 0.227 e. The van der Waals surface area contributed by atoms with Crippen molar-refractivity contribution in [1.82, 2.24) is 4.90 Å². The van der Waals surface area contributed by atoms with Gasteiger partial charge in [0.05, 0.1) is 5.92 Å². The van der Waals surface area contributed by atoms with Crippen molar-refractivity contribution < 1.29 is 4.79 Å². The number of likely N-dealkylation sites (tertiary alicyclic amines) is 1. The van der Waals surface area contributed by atoms with E-state index in [1.165, 1.54) is 12.0 Å². The lowest BCUT2D eigenvalue weighted by molar-refractivity contribution is -0.138. The van der Waals surface area contributed by atoms with E-state index in [1.54, 1.807) is 0 Å². The lowest BCUT2D eigenvalue weighted by Gasteiger charge is -2.35. The van der Waals surface area contributed by atoms with Gasteiger partial charge in [-0.25, -0.2) is 0 Å². The van der Waals surface area contributed by atoms with Crippen LogP contribution in [0.25, 0.3) is 0 Å². The number of benzene rings is 1. The van der Waals surface area contributed by atoms with Crippen molar-refractivity contribution >= 4 is 5.91 Å². The molecule has 3 heteroatoms. The van der Waals surface area contributed by atoms with E-state index < -0.39 is 0 Å². The van der Waals surface area contributed by atoms with Crippen molar-refractivity contribution in [3.63, 3.8) is 0 Å². The molecule has 2 atom stereocenters. The molecule has 0 aromatic heterocycles. The number of carbonyl (C=O) groups is 1. The molecule has 19 heavy (non-hydrogen) atoms. The second kappa shape index (κ2) is 6.71. The lowest BCUT2D eigenvalue weighted by atomic mass is 9.95. The Kier molecular flexibility index (Phi) is 4.97. The Morgan fingerprint density at radius 2 is 2.11 bits per heavy atom. The summed E-state index contributed by atoms with van der Waals surface area (Å²) in [4.78, 5) is 14.6. The fourth-order valence-electron chi connectivity index (χ4n) is 2.83. The summed E-state index contributed by atoms with van der Waals surface area (Å²) in [6.45, 7) is 3.47. The van der Waals surface area contributed by atoms with Gasteiger partial charge in [-0.05, 0) is 38.2 Å². The van der Waals surface area contributed by atoms with Gasteiger partial charge in [-0.15, -0.1) is 0 Å². The summed E-state index contributed by atoms with van der Waals surface area (Å²) in [6.07, 6.45) is 4.23. The van der Waals surface area contributed by atoms with Crippen LogP contribution < -0.4 is 5.73 Å². The highest BCUT2D eigenvalue weighted by molar-refractivity contribution is 5.79. The summed E-state index contributed by atoms with van der Waals surface area (Å²) in [7, 11) is 0. The van der Waals surface area contributed by atoms with E-state index in [-0.39, 0.29) is 11.8 Å². The van der Waals surface area contributed by atoms with E-state index in [0.29, 0.717) is 12.6 Å². The van der Waals surface area contributed by atoms with E-state index in [2.05, 4.69) is 19.1 Å². The maximum atomic E-state index is 12.6. The molecule has 2 unspecified atom stereocenters. The molecule has 0 spiro atoms. The minimum absolute atomic E-state index is 0.0806. The Balaban J connectivity index is 2.02. The molecule has 1 aliphatic rings. The first kappa shape index (κ1) is 14.1. The van der Waals surface area contributed by atoms with Gasteiger partial charge in [-0.1, -0.05) is 30.3 Å². The molecule has 104 valence electrons. The second-order valence-electron chi connectivity index (χ2n) is 5.50. The summed E-state index contributed by atoms with van der Waals surface area (Å²) in [6, 6.07) is 10.5. The van der Waals surface area contributed by atoms with E-state index in [9.17, 15) is 4.79 Å². The quantitative estimate of drug-likeness (QED) is 0.902. The molecule has 1 aromatic rings. The van der Waals surface area contributed by atoms with Crippen LogP contribution in [0.3, 0.4) is 0 Å². The summed E-state index contributed by atoms with van der Waals surface area (Å²) >= 11 is 0. The lowest BCUT2D eigenvalue weighted by Crippen LogP contribution is -2.47. The molecule has 1 aromatic carbocycles. The van der Waals surface area contributed by atoms with Crippen molar-refractivity contribution in [3.8, 4) is 0 Å². The Labute approximate surface area is 115 Å². The van der Waals surface area contributed by atoms with Crippen molar-refractivity contribution in [2.24, 2.45) is 11.7 Å². The average Bonchev–Trinajstić information content (AvgIpc) is 2.46. The fourth-order valence-corrected chi connectivity index (χ4v) is 2.83. The van der Waals surface area contributed by atoms with Gasteiger partial charge in [0.25, 0.3) is 0 Å². The minimum atomic E-state index is -0.0806. The predicted octanol–water partition coefficient (Wildman–Crippen LogP) is 2.21. The molecule has 1 fully saturated rings. The number of hydrogen-bond donors (Lipinski definition) is 1. The molecule has 0 radical (unpaired) electrons. The number of carbonyl (C=O) groups excluding carboxylic acids is 1. The summed E-state index contributed by atoms with van der Waals surface area (Å²) in [5, 5.41) is 0. The third-order valence-corrected chi connectivity index (χ3v) is 4.04. The third-order valence-electron chi connectivity index (χ3n) is 4.04. The summed E-state index contributed by atoms with van der Waals surface area (Å²) < 4.78 is 0. The third kappa shape index (κ3) is 3.57. The first-order valence-electron chi connectivity index (χ1n) is 7.27. The van der Waals surface area contributed by atoms with Gasteiger partial charge in [0.1, 0.15) is 0 Å². The largest absolute Gasteiger partial charge is 0.340 e. The molecule has 0 saturated carbocycles. The maximum absolute atomic E-state index is 12.6. The van der Waals surface area contributed by atoms with Crippen LogP contribution in [0.2, 0.25) is 0 Å². The van der Waals surface area contributed by atoms with Crippen LogP contribution in [-0.2, 0) is 11.2 Å². The molecular formula is C16H24N2O. The van der Waals surface area contributed by atoms with Crippen LogP contribution in [0.1, 0.15) is 31.7 Å². The van der Waals surface area contributed by atoms with Gasteiger partial charge >= 0.3 is 0 Å². The highest BCUT2D eigenvalue weighted by Crippen LogP contribution is 2.20. The number of nitrogens with two attached hydrogens (primary N) is 1. The van der Waals surface area contributed by atoms with Gasteiger partial charge in [0.15, 0.2) is 0 Å². The van der Waals surface area contributed by atoms with E-state index in [0.717, 1.165) is 25.8 Å². The zero-order valence-corrected chi connectivity index (χ0v) is 11.7. The predicted molar refractivity (Wildman–Crippen MR) is 77.7 cm³/mol. The molecule has 0 aliphatic carbocycles. The van der Waals surface area contributed by atoms with E-state index in [4.69, 9.17) is 5.73 Å². The monoisotopic (exact) mass is 260 g/mol. The van der Waals surface area contributed by atoms with Crippen LogP contribution in [0.15, 0.2) is 30.3 Å². The Hall–Kier alpha value is -1.35. The number of nitrogens with zero attached hydrogens (tertiary/aromatic N) is 1. The van der Waals surface area contributed by atoms with Crippen molar-refractivity contribution in [2.75, 3.05) is 13.1 Å². The zero-order valence-electron chi connectivity index (χ0n) is 11.7. The Morgan fingerprint density at radius 3 is 2.74 bits per heavy atom. The number of rotatable bonds is 4. The maximum Gasteiger partial charge on any atom is 0.227 e. The van der Waals surface area contributed by atoms with Crippen LogP contribution in [0.5, 0.6) is 0 Å². The normalized spacial score (nSPS) is 21.2. The minimum Gasteiger partial charge on any atom is -0.340 e. The molecule has 1 amide bonds. The molecule has 3 nitrogen and oxygen atoms in total. The Bertz CT molecular complexity index is 404. The number of hydrogen-bond acceptors (Lipinski definition) is 2. The highest BCUT2D eigenvalue weighted by Gasteiger charge is 2.28. The Morgan fingerprint density at radius 1 is 1.37 bits per heavy atom. The molecule has 1 aliphatic heterocycles. The molecule has 0 bridgehead atoms. The molecule has 2 N–H and O–H groups in total. The average molecular weight is 260 g/mol. The second-order valence-corrected chi connectivity index (χ2v) is 5.50. The van der Waals surface area contributed by atoms with Crippen molar-refractivity contribution in [3.05, 3.63) is 35.9 Å². The zero-order chi connectivity index (χ0) is 13.7. The van der Waals surface area contributed by atoms with Gasteiger partial charge in [0.2, 0.25) is 5.91 Å². The first-order chi connectivity index (χ1) is 9.22. The van der Waals surface area contributed by atoms with E-state index in [1.807, 2.05) is 23.1 Å². The van der Waals surface area contributed by atoms with Crippen LogP contribution in [0.4, 0.5) is 0 Å². The topological polar surface area (TPSA) is 46.3 Å². The van der Waals surface area contributed by atoms with Gasteiger partial charge in [-0.3, -0.25) is 4.79 Å². The highest BCUT2D eigenvalue weighted by atomic mass is 16.2. The van der Waals surface area contributed by atoms with Crippen molar-refractivity contribution in [1.29, 1.82) is 0 Å². The summed E-state index contributed by atoms with van der Waals surface area (Å²) in [5.41, 5.74) is 7.02.